The topological polar surface area (TPSA) is 46.5 Å². The highest BCUT2D eigenvalue weighted by atomic mass is 32.2. The normalized spacial score (nSPS) is 15.0. The lowest BCUT2D eigenvalue weighted by molar-refractivity contribution is -0.140. The Labute approximate surface area is 91.1 Å². The van der Waals surface area contributed by atoms with Gasteiger partial charge in [0.05, 0.1) is 10.8 Å². The molecule has 0 spiro atoms. The third kappa shape index (κ3) is 2.73. The fourth-order valence-electron chi connectivity index (χ4n) is 0.954. The standard InChI is InChI=1S/C9H12O3S2/c1-9(6-12-2,8(10)11)14-7-4-3-5-13-7/h3-5H,6H2,1-2H3,(H,10,11). The van der Waals surface area contributed by atoms with Crippen LogP contribution in [-0.4, -0.2) is 29.5 Å². The molecule has 0 aromatic carbocycles. The highest BCUT2D eigenvalue weighted by Crippen LogP contribution is 2.35. The van der Waals surface area contributed by atoms with Crippen LogP contribution in [0, 0.1) is 0 Å². The minimum Gasteiger partial charge on any atom is -0.480 e. The second-order valence-corrected chi connectivity index (χ2v) is 5.75. The van der Waals surface area contributed by atoms with Crippen molar-refractivity contribution >= 4 is 29.1 Å². The Hall–Kier alpha value is -0.520. The molecular weight excluding hydrogens is 220 g/mol. The van der Waals surface area contributed by atoms with Crippen LogP contribution in [0.1, 0.15) is 6.92 Å². The fourth-order valence-corrected chi connectivity index (χ4v) is 3.17. The van der Waals surface area contributed by atoms with E-state index in [-0.39, 0.29) is 6.61 Å². The van der Waals surface area contributed by atoms with Gasteiger partial charge in [-0.15, -0.1) is 11.3 Å². The summed E-state index contributed by atoms with van der Waals surface area (Å²) in [6.45, 7) is 1.87. The Balaban J connectivity index is 2.74. The first-order valence-electron chi connectivity index (χ1n) is 4.03. The maximum Gasteiger partial charge on any atom is 0.322 e. The van der Waals surface area contributed by atoms with Gasteiger partial charge in [-0.2, -0.15) is 0 Å². The van der Waals surface area contributed by atoms with Gasteiger partial charge in [0, 0.05) is 7.11 Å². The van der Waals surface area contributed by atoms with Crippen LogP contribution in [-0.2, 0) is 9.53 Å². The molecule has 0 fully saturated rings. The summed E-state index contributed by atoms with van der Waals surface area (Å²) in [4.78, 5) is 11.0. The van der Waals surface area contributed by atoms with E-state index in [0.29, 0.717) is 0 Å². The van der Waals surface area contributed by atoms with Gasteiger partial charge >= 0.3 is 5.97 Å². The Morgan fingerprint density at radius 2 is 2.50 bits per heavy atom. The molecule has 0 saturated carbocycles. The zero-order valence-corrected chi connectivity index (χ0v) is 9.65. The van der Waals surface area contributed by atoms with Gasteiger partial charge in [-0.3, -0.25) is 4.79 Å². The van der Waals surface area contributed by atoms with Crippen LogP contribution < -0.4 is 0 Å². The highest BCUT2D eigenvalue weighted by molar-refractivity contribution is 8.03. The summed E-state index contributed by atoms with van der Waals surface area (Å²) in [5.74, 6) is -0.849. The molecule has 0 aliphatic carbocycles. The first-order valence-corrected chi connectivity index (χ1v) is 5.73. The molecule has 1 aromatic rings. The van der Waals surface area contributed by atoms with Crippen molar-refractivity contribution in [2.45, 2.75) is 15.9 Å². The van der Waals surface area contributed by atoms with Crippen molar-refractivity contribution in [3.05, 3.63) is 17.5 Å². The van der Waals surface area contributed by atoms with E-state index < -0.39 is 10.7 Å². The van der Waals surface area contributed by atoms with E-state index in [1.165, 1.54) is 30.2 Å². The zero-order valence-electron chi connectivity index (χ0n) is 8.02. The number of ether oxygens (including phenoxy) is 1. The number of carbonyl (C=O) groups is 1. The van der Waals surface area contributed by atoms with Gasteiger partial charge in [0.25, 0.3) is 0 Å². The summed E-state index contributed by atoms with van der Waals surface area (Å²) >= 11 is 2.86. The molecule has 0 aliphatic rings. The summed E-state index contributed by atoms with van der Waals surface area (Å²) in [5.41, 5.74) is 0. The lowest BCUT2D eigenvalue weighted by atomic mass is 10.2. The van der Waals surface area contributed by atoms with E-state index in [1.54, 1.807) is 6.92 Å². The first-order chi connectivity index (χ1) is 6.58. The van der Waals surface area contributed by atoms with Crippen molar-refractivity contribution in [1.82, 2.24) is 0 Å². The number of methoxy groups -OCH3 is 1. The van der Waals surface area contributed by atoms with Crippen LogP contribution in [0.2, 0.25) is 0 Å². The average molecular weight is 232 g/mol. The maximum absolute atomic E-state index is 11.0. The molecule has 14 heavy (non-hydrogen) atoms. The van der Waals surface area contributed by atoms with E-state index >= 15 is 0 Å². The predicted molar refractivity (Wildman–Crippen MR) is 58.1 cm³/mol. The molecule has 1 N–H and O–H groups in total. The van der Waals surface area contributed by atoms with Gasteiger partial charge < -0.3 is 9.84 Å². The molecule has 0 radical (unpaired) electrons. The monoisotopic (exact) mass is 232 g/mol. The highest BCUT2D eigenvalue weighted by Gasteiger charge is 2.34. The smallest absolute Gasteiger partial charge is 0.322 e. The molecule has 78 valence electrons. The molecule has 1 aromatic heterocycles. The Kier molecular flexibility index (Phi) is 3.97. The van der Waals surface area contributed by atoms with Crippen LogP contribution in [0.5, 0.6) is 0 Å². The van der Waals surface area contributed by atoms with Gasteiger partial charge in [0.15, 0.2) is 0 Å². The second-order valence-electron chi connectivity index (χ2n) is 3.00. The quantitative estimate of drug-likeness (QED) is 0.791. The largest absolute Gasteiger partial charge is 0.480 e. The molecule has 5 heteroatoms. The Morgan fingerprint density at radius 1 is 1.79 bits per heavy atom. The Bertz CT molecular complexity index is 297. The van der Waals surface area contributed by atoms with E-state index in [2.05, 4.69) is 0 Å². The van der Waals surface area contributed by atoms with Crippen molar-refractivity contribution in [3.63, 3.8) is 0 Å². The zero-order chi connectivity index (χ0) is 10.6. The van der Waals surface area contributed by atoms with Crippen LogP contribution in [0.3, 0.4) is 0 Å². The van der Waals surface area contributed by atoms with Crippen LogP contribution >= 0.6 is 23.1 Å². The number of hydrogen-bond acceptors (Lipinski definition) is 4. The van der Waals surface area contributed by atoms with Crippen LogP contribution in [0.4, 0.5) is 0 Å². The molecular formula is C9H12O3S2. The molecule has 0 bridgehead atoms. The van der Waals surface area contributed by atoms with Crippen molar-refractivity contribution in [1.29, 1.82) is 0 Å². The first kappa shape index (κ1) is 11.6. The second kappa shape index (κ2) is 4.82. The van der Waals surface area contributed by atoms with E-state index in [0.717, 1.165) is 4.21 Å². The third-order valence-electron chi connectivity index (χ3n) is 1.69. The Morgan fingerprint density at radius 3 is 2.93 bits per heavy atom. The van der Waals surface area contributed by atoms with E-state index in [1.807, 2.05) is 17.5 Å². The SMILES string of the molecule is COCC(C)(Sc1cccs1)C(=O)O. The molecule has 1 rings (SSSR count). The molecule has 1 heterocycles. The van der Waals surface area contributed by atoms with Crippen molar-refractivity contribution in [3.8, 4) is 0 Å². The summed E-state index contributed by atoms with van der Waals surface area (Å²) in [7, 11) is 1.51. The minimum atomic E-state index is -0.903. The van der Waals surface area contributed by atoms with Crippen LogP contribution in [0.25, 0.3) is 0 Å². The number of thiophene rings is 1. The average Bonchev–Trinajstić information content (AvgIpc) is 2.56. The van der Waals surface area contributed by atoms with E-state index in [9.17, 15) is 4.79 Å². The third-order valence-corrected chi connectivity index (χ3v) is 3.97. The van der Waals surface area contributed by atoms with Gasteiger partial charge in [-0.1, -0.05) is 17.8 Å². The fraction of sp³-hybridized carbons (Fsp3) is 0.444. The lowest BCUT2D eigenvalue weighted by Crippen LogP contribution is -2.36. The van der Waals surface area contributed by atoms with Crippen molar-refractivity contribution in [2.24, 2.45) is 0 Å². The van der Waals surface area contributed by atoms with Crippen LogP contribution in [0.15, 0.2) is 21.7 Å². The maximum atomic E-state index is 11.0. The number of hydrogen-bond donors (Lipinski definition) is 1. The number of rotatable bonds is 5. The summed E-state index contributed by atoms with van der Waals surface area (Å²) in [6, 6.07) is 3.81. The molecule has 0 saturated heterocycles. The lowest BCUT2D eigenvalue weighted by Gasteiger charge is -2.21. The molecule has 3 nitrogen and oxygen atoms in total. The summed E-state index contributed by atoms with van der Waals surface area (Å²) in [6.07, 6.45) is 0. The molecule has 1 atom stereocenters. The molecule has 0 aliphatic heterocycles. The van der Waals surface area contributed by atoms with Gasteiger partial charge in [0.1, 0.15) is 4.75 Å². The van der Waals surface area contributed by atoms with Gasteiger partial charge in [-0.25, -0.2) is 0 Å². The summed E-state index contributed by atoms with van der Waals surface area (Å²) < 4.78 is 5.01. The van der Waals surface area contributed by atoms with Gasteiger partial charge in [-0.05, 0) is 18.4 Å². The predicted octanol–water partition coefficient (Wildman–Crippen LogP) is 2.33. The van der Waals surface area contributed by atoms with E-state index in [4.69, 9.17) is 9.84 Å². The number of aliphatic carboxylic acids is 1. The minimum absolute atomic E-state index is 0.199. The molecule has 1 unspecified atom stereocenters. The van der Waals surface area contributed by atoms with Gasteiger partial charge in [0.2, 0.25) is 0 Å². The summed E-state index contributed by atoms with van der Waals surface area (Å²) in [5, 5.41) is 11.0. The number of carboxylic acids is 1. The number of thioether (sulfide) groups is 1. The van der Waals surface area contributed by atoms with Crippen molar-refractivity contribution < 1.29 is 14.6 Å². The molecule has 0 amide bonds. The van der Waals surface area contributed by atoms with Crippen molar-refractivity contribution in [2.75, 3.05) is 13.7 Å². The number of carboxylic acid groups (broad SMARTS) is 1.